The molecule has 1 aliphatic rings. The van der Waals surface area contributed by atoms with Gasteiger partial charge in [-0.3, -0.25) is 4.79 Å². The van der Waals surface area contributed by atoms with Crippen LogP contribution in [0.5, 0.6) is 0 Å². The molecule has 1 unspecified atom stereocenters. The second-order valence-corrected chi connectivity index (χ2v) is 6.67. The SMILES string of the molecule is O=C1CC(c2cccc(F)c2)c2scc(-c3ccc(F)cc3)c2N1. The van der Waals surface area contributed by atoms with Gasteiger partial charge in [0.25, 0.3) is 0 Å². The van der Waals surface area contributed by atoms with Crippen molar-refractivity contribution in [3.05, 3.63) is 76.0 Å². The number of thiophene rings is 1. The monoisotopic (exact) mass is 341 g/mol. The molecule has 3 aromatic rings. The Kier molecular flexibility index (Phi) is 3.65. The number of halogens is 2. The average molecular weight is 341 g/mol. The number of carbonyl (C=O) groups is 1. The van der Waals surface area contributed by atoms with Crippen molar-refractivity contribution in [3.8, 4) is 11.1 Å². The van der Waals surface area contributed by atoms with Crippen molar-refractivity contribution in [2.45, 2.75) is 12.3 Å². The number of rotatable bonds is 2. The van der Waals surface area contributed by atoms with E-state index in [0.29, 0.717) is 6.42 Å². The number of hydrogen-bond donors (Lipinski definition) is 1. The predicted molar refractivity (Wildman–Crippen MR) is 91.2 cm³/mol. The van der Waals surface area contributed by atoms with E-state index in [-0.39, 0.29) is 23.5 Å². The molecule has 2 aromatic carbocycles. The second kappa shape index (κ2) is 5.83. The summed E-state index contributed by atoms with van der Waals surface area (Å²) in [4.78, 5) is 13.2. The molecule has 1 aromatic heterocycles. The first kappa shape index (κ1) is 15.0. The molecule has 0 saturated carbocycles. The summed E-state index contributed by atoms with van der Waals surface area (Å²) in [5.41, 5.74) is 3.24. The van der Waals surface area contributed by atoms with Crippen LogP contribution in [-0.4, -0.2) is 5.91 Å². The Morgan fingerprint density at radius 1 is 1.04 bits per heavy atom. The number of carbonyl (C=O) groups excluding carboxylic acids is 1. The van der Waals surface area contributed by atoms with Crippen LogP contribution in [0.25, 0.3) is 11.1 Å². The van der Waals surface area contributed by atoms with E-state index in [4.69, 9.17) is 0 Å². The zero-order valence-corrected chi connectivity index (χ0v) is 13.4. The third-order valence-corrected chi connectivity index (χ3v) is 5.29. The molecule has 0 aliphatic carbocycles. The fraction of sp³-hybridized carbons (Fsp3) is 0.105. The molecule has 1 atom stereocenters. The van der Waals surface area contributed by atoms with Crippen LogP contribution < -0.4 is 5.32 Å². The molecular weight excluding hydrogens is 328 g/mol. The van der Waals surface area contributed by atoms with Gasteiger partial charge >= 0.3 is 0 Å². The normalized spacial score (nSPS) is 16.6. The highest BCUT2D eigenvalue weighted by atomic mass is 32.1. The van der Waals surface area contributed by atoms with Crippen LogP contribution in [0.1, 0.15) is 22.8 Å². The maximum absolute atomic E-state index is 13.6. The summed E-state index contributed by atoms with van der Waals surface area (Å²) >= 11 is 1.53. The van der Waals surface area contributed by atoms with Gasteiger partial charge in [0.15, 0.2) is 0 Å². The van der Waals surface area contributed by atoms with E-state index in [1.54, 1.807) is 18.2 Å². The quantitative estimate of drug-likeness (QED) is 0.685. The van der Waals surface area contributed by atoms with Gasteiger partial charge < -0.3 is 5.32 Å². The van der Waals surface area contributed by atoms with E-state index in [2.05, 4.69) is 5.32 Å². The van der Waals surface area contributed by atoms with Crippen molar-refractivity contribution < 1.29 is 13.6 Å². The highest BCUT2D eigenvalue weighted by Crippen LogP contribution is 2.46. The highest BCUT2D eigenvalue weighted by molar-refractivity contribution is 7.11. The van der Waals surface area contributed by atoms with Crippen LogP contribution in [-0.2, 0) is 4.79 Å². The summed E-state index contributed by atoms with van der Waals surface area (Å²) < 4.78 is 26.7. The first-order valence-electron chi connectivity index (χ1n) is 7.54. The average Bonchev–Trinajstić information content (AvgIpc) is 2.98. The summed E-state index contributed by atoms with van der Waals surface area (Å²) in [5.74, 6) is -0.873. The molecule has 0 spiro atoms. The van der Waals surface area contributed by atoms with Gasteiger partial charge in [0.1, 0.15) is 11.6 Å². The maximum atomic E-state index is 13.6. The summed E-state index contributed by atoms with van der Waals surface area (Å²) in [7, 11) is 0. The van der Waals surface area contributed by atoms with Gasteiger partial charge in [-0.05, 0) is 35.4 Å². The lowest BCUT2D eigenvalue weighted by Gasteiger charge is -2.24. The van der Waals surface area contributed by atoms with Crippen molar-refractivity contribution in [2.24, 2.45) is 0 Å². The lowest BCUT2D eigenvalue weighted by atomic mass is 9.89. The van der Waals surface area contributed by atoms with Crippen molar-refractivity contribution >= 4 is 22.9 Å². The summed E-state index contributed by atoms with van der Waals surface area (Å²) in [6.45, 7) is 0. The maximum Gasteiger partial charge on any atom is 0.225 e. The standard InChI is InChI=1S/C19H13F2NOS/c20-13-6-4-11(5-7-13)16-10-24-19-15(9-17(23)22-18(16)19)12-2-1-3-14(21)8-12/h1-8,10,15H,9H2,(H,22,23). The Labute approximate surface area is 141 Å². The number of amides is 1. The van der Waals surface area contributed by atoms with Crippen molar-refractivity contribution in [1.29, 1.82) is 0 Å². The minimum Gasteiger partial charge on any atom is -0.325 e. The Morgan fingerprint density at radius 2 is 1.83 bits per heavy atom. The topological polar surface area (TPSA) is 29.1 Å². The molecule has 4 rings (SSSR count). The van der Waals surface area contributed by atoms with Crippen LogP contribution in [0.4, 0.5) is 14.5 Å². The lowest BCUT2D eigenvalue weighted by Crippen LogP contribution is -2.22. The lowest BCUT2D eigenvalue weighted by molar-refractivity contribution is -0.116. The van der Waals surface area contributed by atoms with E-state index < -0.39 is 0 Å². The molecule has 5 heteroatoms. The molecule has 0 saturated heterocycles. The summed E-state index contributed by atoms with van der Waals surface area (Å²) in [6, 6.07) is 12.5. The Morgan fingerprint density at radius 3 is 2.58 bits per heavy atom. The Bertz CT molecular complexity index is 917. The fourth-order valence-corrected chi connectivity index (χ4v) is 4.22. The summed E-state index contributed by atoms with van der Waals surface area (Å²) in [6.07, 6.45) is 0.291. The minimum atomic E-state index is -0.310. The number of nitrogens with one attached hydrogen (secondary N) is 1. The first-order valence-corrected chi connectivity index (χ1v) is 8.42. The molecular formula is C19H13F2NOS. The van der Waals surface area contributed by atoms with Gasteiger partial charge in [-0.1, -0.05) is 24.3 Å². The van der Waals surface area contributed by atoms with Gasteiger partial charge in [0.2, 0.25) is 5.91 Å². The predicted octanol–water partition coefficient (Wildman–Crippen LogP) is 5.17. The minimum absolute atomic E-state index is 0.0986. The van der Waals surface area contributed by atoms with Gasteiger partial charge in [0.05, 0.1) is 5.69 Å². The third-order valence-electron chi connectivity index (χ3n) is 4.20. The molecule has 1 N–H and O–H groups in total. The molecule has 2 nitrogen and oxygen atoms in total. The van der Waals surface area contributed by atoms with Gasteiger partial charge in [-0.15, -0.1) is 11.3 Å². The van der Waals surface area contributed by atoms with Crippen LogP contribution in [0.15, 0.2) is 53.9 Å². The number of fused-ring (bicyclic) bond motifs is 1. The smallest absolute Gasteiger partial charge is 0.225 e. The third kappa shape index (κ3) is 2.61. The van der Waals surface area contributed by atoms with Crippen LogP contribution in [0.3, 0.4) is 0 Å². The molecule has 120 valence electrons. The van der Waals surface area contributed by atoms with Crippen LogP contribution in [0, 0.1) is 11.6 Å². The fourth-order valence-electron chi connectivity index (χ4n) is 3.06. The molecule has 0 fully saturated rings. The molecule has 24 heavy (non-hydrogen) atoms. The molecule has 0 bridgehead atoms. The summed E-state index contributed by atoms with van der Waals surface area (Å²) in [5, 5.41) is 4.87. The zero-order chi connectivity index (χ0) is 16.7. The van der Waals surface area contributed by atoms with Gasteiger partial charge in [-0.25, -0.2) is 8.78 Å². The van der Waals surface area contributed by atoms with Crippen molar-refractivity contribution in [3.63, 3.8) is 0 Å². The number of hydrogen-bond acceptors (Lipinski definition) is 2. The Hall–Kier alpha value is -2.53. The van der Waals surface area contributed by atoms with E-state index in [9.17, 15) is 13.6 Å². The van der Waals surface area contributed by atoms with Gasteiger partial charge in [0, 0.05) is 28.2 Å². The molecule has 0 radical (unpaired) electrons. The number of anilines is 1. The molecule has 2 heterocycles. The van der Waals surface area contributed by atoms with E-state index in [1.807, 2.05) is 11.4 Å². The molecule has 1 amide bonds. The second-order valence-electron chi connectivity index (χ2n) is 5.76. The first-order chi connectivity index (χ1) is 11.6. The van der Waals surface area contributed by atoms with E-state index in [1.165, 1.54) is 35.6 Å². The van der Waals surface area contributed by atoms with Crippen molar-refractivity contribution in [1.82, 2.24) is 0 Å². The highest BCUT2D eigenvalue weighted by Gasteiger charge is 2.30. The molecule has 1 aliphatic heterocycles. The van der Waals surface area contributed by atoms with E-state index >= 15 is 0 Å². The zero-order valence-electron chi connectivity index (χ0n) is 12.6. The number of benzene rings is 2. The largest absolute Gasteiger partial charge is 0.325 e. The van der Waals surface area contributed by atoms with Crippen LogP contribution >= 0.6 is 11.3 Å². The van der Waals surface area contributed by atoms with Crippen LogP contribution in [0.2, 0.25) is 0 Å². The van der Waals surface area contributed by atoms with Gasteiger partial charge in [-0.2, -0.15) is 0 Å². The van der Waals surface area contributed by atoms with Crippen molar-refractivity contribution in [2.75, 3.05) is 5.32 Å². The Balaban J connectivity index is 1.81. The van der Waals surface area contributed by atoms with E-state index in [0.717, 1.165) is 27.3 Å².